The summed E-state index contributed by atoms with van der Waals surface area (Å²) < 4.78 is 0. The lowest BCUT2D eigenvalue weighted by molar-refractivity contribution is 0.290. The van der Waals surface area contributed by atoms with Crippen LogP contribution in [0.2, 0.25) is 0 Å². The molecule has 0 spiro atoms. The molecule has 174 valence electrons. The zero-order valence-electron chi connectivity index (χ0n) is 20.3. The van der Waals surface area contributed by atoms with Gasteiger partial charge in [-0.3, -0.25) is 0 Å². The van der Waals surface area contributed by atoms with Crippen LogP contribution in [-0.2, 0) is 6.42 Å². The minimum Gasteiger partial charge on any atom is -0.355 e. The van der Waals surface area contributed by atoms with Crippen LogP contribution in [0, 0.1) is 0 Å². The molecule has 0 fully saturated rings. The van der Waals surface area contributed by atoms with Gasteiger partial charge in [0.2, 0.25) is 0 Å². The van der Waals surface area contributed by atoms with E-state index in [0.29, 0.717) is 6.17 Å². The Kier molecular flexibility index (Phi) is 11.3. The highest BCUT2D eigenvalue weighted by Crippen LogP contribution is 2.27. The molecular weight excluding hydrogens is 388 g/mol. The van der Waals surface area contributed by atoms with Crippen molar-refractivity contribution in [2.75, 3.05) is 11.4 Å². The van der Waals surface area contributed by atoms with Crippen LogP contribution in [0.5, 0.6) is 0 Å². The van der Waals surface area contributed by atoms with Gasteiger partial charge < -0.3 is 9.80 Å². The second-order valence-corrected chi connectivity index (χ2v) is 9.34. The molecule has 0 aromatic heterocycles. The minimum absolute atomic E-state index is 0.368. The topological polar surface area (TPSA) is 6.48 Å². The van der Waals surface area contributed by atoms with E-state index in [1.807, 2.05) is 0 Å². The first-order chi connectivity index (χ1) is 15.9. The minimum atomic E-state index is 0.368. The van der Waals surface area contributed by atoms with Gasteiger partial charge in [-0.2, -0.15) is 0 Å². The van der Waals surface area contributed by atoms with Crippen molar-refractivity contribution >= 4 is 5.69 Å². The molecule has 0 amide bonds. The van der Waals surface area contributed by atoms with E-state index in [-0.39, 0.29) is 0 Å². The second kappa shape index (κ2) is 14.8. The molecule has 0 N–H and O–H groups in total. The summed E-state index contributed by atoms with van der Waals surface area (Å²) >= 11 is 0. The van der Waals surface area contributed by atoms with Gasteiger partial charge in [0.05, 0.1) is 0 Å². The van der Waals surface area contributed by atoms with Crippen LogP contribution in [-0.4, -0.2) is 17.6 Å². The van der Waals surface area contributed by atoms with E-state index in [2.05, 4.69) is 89.8 Å². The zero-order chi connectivity index (χ0) is 22.3. The molecule has 0 radical (unpaired) electrons. The largest absolute Gasteiger partial charge is 0.355 e. The van der Waals surface area contributed by atoms with Crippen LogP contribution in [0.1, 0.15) is 89.5 Å². The van der Waals surface area contributed by atoms with Crippen LogP contribution >= 0.6 is 0 Å². The van der Waals surface area contributed by atoms with Crippen molar-refractivity contribution in [2.24, 2.45) is 0 Å². The van der Waals surface area contributed by atoms with Gasteiger partial charge in [-0.15, -0.1) is 0 Å². The molecule has 1 aliphatic rings. The molecule has 0 aliphatic carbocycles. The Morgan fingerprint density at radius 3 is 1.72 bits per heavy atom. The fourth-order valence-corrected chi connectivity index (χ4v) is 4.77. The van der Waals surface area contributed by atoms with E-state index in [0.717, 1.165) is 13.0 Å². The van der Waals surface area contributed by atoms with Crippen molar-refractivity contribution < 1.29 is 0 Å². The predicted octanol–water partition coefficient (Wildman–Crippen LogP) is 8.55. The fraction of sp³-hybridized carbons (Fsp3) is 0.533. The van der Waals surface area contributed by atoms with E-state index in [1.165, 1.54) is 88.3 Å². The molecule has 0 saturated heterocycles. The quantitative estimate of drug-likeness (QED) is 0.245. The third kappa shape index (κ3) is 8.37. The van der Waals surface area contributed by atoms with Gasteiger partial charge in [-0.1, -0.05) is 126 Å². The van der Waals surface area contributed by atoms with Gasteiger partial charge in [0.25, 0.3) is 0 Å². The van der Waals surface area contributed by atoms with Gasteiger partial charge in [-0.05, 0) is 24.1 Å². The maximum atomic E-state index is 2.55. The van der Waals surface area contributed by atoms with E-state index in [1.54, 1.807) is 0 Å². The molecule has 1 atom stereocenters. The van der Waals surface area contributed by atoms with Gasteiger partial charge in [0, 0.05) is 31.1 Å². The number of nitrogens with zero attached hydrogens (tertiary/aromatic N) is 2. The lowest BCUT2D eigenvalue weighted by atomic mass is 10.0. The number of para-hydroxylation sites is 1. The molecule has 32 heavy (non-hydrogen) atoms. The van der Waals surface area contributed by atoms with Crippen molar-refractivity contribution in [3.8, 4) is 0 Å². The monoisotopic (exact) mass is 432 g/mol. The maximum Gasteiger partial charge on any atom is 0.109 e. The lowest BCUT2D eigenvalue weighted by Crippen LogP contribution is -2.40. The third-order valence-electron chi connectivity index (χ3n) is 6.71. The molecule has 0 saturated carbocycles. The van der Waals surface area contributed by atoms with Crippen LogP contribution in [0.25, 0.3) is 0 Å². The van der Waals surface area contributed by atoms with Gasteiger partial charge in [0.1, 0.15) is 6.17 Å². The van der Waals surface area contributed by atoms with Crippen molar-refractivity contribution in [1.29, 1.82) is 0 Å². The summed E-state index contributed by atoms with van der Waals surface area (Å²) in [6, 6.07) is 21.7. The first-order valence-corrected chi connectivity index (χ1v) is 13.2. The number of rotatable bonds is 16. The Labute approximate surface area is 197 Å². The number of anilines is 1. The predicted molar refractivity (Wildman–Crippen MR) is 140 cm³/mol. The summed E-state index contributed by atoms with van der Waals surface area (Å²) in [6.45, 7) is 3.44. The molecule has 2 heteroatoms. The zero-order valence-corrected chi connectivity index (χ0v) is 20.3. The number of hydrogen-bond donors (Lipinski definition) is 0. The molecule has 0 bridgehead atoms. The molecule has 2 aromatic rings. The smallest absolute Gasteiger partial charge is 0.109 e. The fourth-order valence-electron chi connectivity index (χ4n) is 4.77. The summed E-state index contributed by atoms with van der Waals surface area (Å²) in [4.78, 5) is 4.99. The highest BCUT2D eigenvalue weighted by atomic mass is 15.4. The second-order valence-electron chi connectivity index (χ2n) is 9.34. The highest BCUT2D eigenvalue weighted by molar-refractivity contribution is 5.51. The molecule has 2 aromatic carbocycles. The first kappa shape index (κ1) is 24.4. The standard InChI is InChI=1S/C30H44N2/c1-2-3-4-5-6-7-8-9-10-11-12-19-24-31-25-26-32(29-22-17-14-18-23-29)30(31)27-28-20-15-13-16-21-28/h13-18,20-23,25-26,30H,2-12,19,24,27H2,1H3. The van der Waals surface area contributed by atoms with Crippen LogP contribution in [0.15, 0.2) is 73.1 Å². The van der Waals surface area contributed by atoms with Crippen molar-refractivity contribution in [3.63, 3.8) is 0 Å². The number of hydrogen-bond acceptors (Lipinski definition) is 2. The van der Waals surface area contributed by atoms with E-state index in [9.17, 15) is 0 Å². The normalized spacial score (nSPS) is 15.6. The van der Waals surface area contributed by atoms with E-state index >= 15 is 0 Å². The number of unbranched alkanes of at least 4 members (excludes halogenated alkanes) is 11. The average Bonchev–Trinajstić information content (AvgIpc) is 3.23. The Bertz CT molecular complexity index is 740. The highest BCUT2D eigenvalue weighted by Gasteiger charge is 2.27. The molecule has 1 heterocycles. The summed E-state index contributed by atoms with van der Waals surface area (Å²) in [5.41, 5.74) is 2.68. The summed E-state index contributed by atoms with van der Waals surface area (Å²) in [5, 5.41) is 0. The average molecular weight is 433 g/mol. The Morgan fingerprint density at radius 1 is 0.594 bits per heavy atom. The van der Waals surface area contributed by atoms with Crippen LogP contribution < -0.4 is 4.90 Å². The van der Waals surface area contributed by atoms with Gasteiger partial charge in [-0.25, -0.2) is 0 Å². The number of benzene rings is 2. The summed E-state index contributed by atoms with van der Waals surface area (Å²) in [5.74, 6) is 0. The van der Waals surface area contributed by atoms with Crippen molar-refractivity contribution in [3.05, 3.63) is 78.6 Å². The molecule has 1 unspecified atom stereocenters. The lowest BCUT2D eigenvalue weighted by Gasteiger charge is -2.33. The Hall–Kier alpha value is -2.22. The van der Waals surface area contributed by atoms with E-state index in [4.69, 9.17) is 0 Å². The summed E-state index contributed by atoms with van der Waals surface area (Å²) in [7, 11) is 0. The van der Waals surface area contributed by atoms with Crippen LogP contribution in [0.4, 0.5) is 5.69 Å². The third-order valence-corrected chi connectivity index (χ3v) is 6.71. The van der Waals surface area contributed by atoms with E-state index < -0.39 is 0 Å². The maximum absolute atomic E-state index is 2.55. The first-order valence-electron chi connectivity index (χ1n) is 13.2. The Balaban J connectivity index is 1.37. The molecule has 2 nitrogen and oxygen atoms in total. The molecule has 1 aliphatic heterocycles. The van der Waals surface area contributed by atoms with Crippen molar-refractivity contribution in [2.45, 2.75) is 96.6 Å². The Morgan fingerprint density at radius 2 is 1.12 bits per heavy atom. The van der Waals surface area contributed by atoms with Crippen molar-refractivity contribution in [1.82, 2.24) is 4.90 Å². The van der Waals surface area contributed by atoms with Crippen LogP contribution in [0.3, 0.4) is 0 Å². The molecular formula is C30H44N2. The van der Waals surface area contributed by atoms with Gasteiger partial charge in [0.15, 0.2) is 0 Å². The molecule has 3 rings (SSSR count). The SMILES string of the molecule is CCCCCCCCCCCCCCN1C=CN(c2ccccc2)C1Cc1ccccc1. The van der Waals surface area contributed by atoms with Gasteiger partial charge >= 0.3 is 0 Å². The summed E-state index contributed by atoms with van der Waals surface area (Å²) in [6.07, 6.45) is 22.8.